The van der Waals surface area contributed by atoms with E-state index in [-0.39, 0.29) is 0 Å². The van der Waals surface area contributed by atoms with E-state index in [1.807, 2.05) is 12.1 Å². The third-order valence-electron chi connectivity index (χ3n) is 4.27. The smallest absolute Gasteiger partial charge is 0.231 e. The summed E-state index contributed by atoms with van der Waals surface area (Å²) in [7, 11) is 0. The molecular formula is C18H15N3OS. The van der Waals surface area contributed by atoms with Gasteiger partial charge in [0.15, 0.2) is 0 Å². The summed E-state index contributed by atoms with van der Waals surface area (Å²) >= 11 is 1.74. The Kier molecular flexibility index (Phi) is 3.47. The van der Waals surface area contributed by atoms with E-state index in [2.05, 4.69) is 23.0 Å². The Hall–Kier alpha value is -2.45. The summed E-state index contributed by atoms with van der Waals surface area (Å²) in [6.07, 6.45) is 4.87. The minimum absolute atomic E-state index is 0.511. The lowest BCUT2D eigenvalue weighted by molar-refractivity contribution is 0.465. The van der Waals surface area contributed by atoms with Gasteiger partial charge in [0, 0.05) is 4.88 Å². The van der Waals surface area contributed by atoms with Crippen molar-refractivity contribution in [1.29, 1.82) is 5.26 Å². The highest BCUT2D eigenvalue weighted by molar-refractivity contribution is 7.18. The molecule has 0 fully saturated rings. The first-order valence-electron chi connectivity index (χ1n) is 7.68. The van der Waals surface area contributed by atoms with Gasteiger partial charge in [0.2, 0.25) is 5.88 Å². The molecule has 3 aromatic rings. The molecule has 1 aromatic carbocycles. The van der Waals surface area contributed by atoms with Gasteiger partial charge in [-0.05, 0) is 42.9 Å². The molecule has 4 nitrogen and oxygen atoms in total. The van der Waals surface area contributed by atoms with Crippen LogP contribution in [0.15, 0.2) is 30.6 Å². The number of nitriles is 1. The van der Waals surface area contributed by atoms with Crippen molar-refractivity contribution in [3.63, 3.8) is 0 Å². The Labute approximate surface area is 138 Å². The van der Waals surface area contributed by atoms with Gasteiger partial charge < -0.3 is 4.74 Å². The van der Waals surface area contributed by atoms with Crippen molar-refractivity contribution >= 4 is 21.6 Å². The zero-order chi connectivity index (χ0) is 15.8. The summed E-state index contributed by atoms with van der Waals surface area (Å²) in [6.45, 7) is 2.29. The highest BCUT2D eigenvalue weighted by Crippen LogP contribution is 2.41. The molecule has 2 aromatic heterocycles. The molecule has 2 heterocycles. The summed E-state index contributed by atoms with van der Waals surface area (Å²) in [4.78, 5) is 11.1. The molecule has 0 N–H and O–H groups in total. The molecule has 4 rings (SSSR count). The van der Waals surface area contributed by atoms with Gasteiger partial charge in [0.1, 0.15) is 23.0 Å². The van der Waals surface area contributed by atoms with Crippen molar-refractivity contribution in [1.82, 2.24) is 9.97 Å². The van der Waals surface area contributed by atoms with Crippen LogP contribution in [0.25, 0.3) is 10.2 Å². The van der Waals surface area contributed by atoms with Crippen LogP contribution in [0.5, 0.6) is 11.6 Å². The first-order chi connectivity index (χ1) is 11.3. The second kappa shape index (κ2) is 5.64. The number of aryl methyl sites for hydroxylation is 1. The highest BCUT2D eigenvalue weighted by atomic mass is 32.1. The van der Waals surface area contributed by atoms with E-state index in [0.29, 0.717) is 23.1 Å². The standard InChI is InChI=1S/C18H15N3OS/c1-11-6-7-13-15(8-11)23-18-16(13)17(20-10-21-18)22-14-5-3-2-4-12(14)9-19/h2-5,10-11H,6-8H2,1H3/t11-/m1/s1. The predicted molar refractivity (Wildman–Crippen MR) is 89.8 cm³/mol. The number of nitrogens with zero attached hydrogens (tertiary/aromatic N) is 3. The molecule has 5 heteroatoms. The monoisotopic (exact) mass is 321 g/mol. The molecular weight excluding hydrogens is 306 g/mol. The van der Waals surface area contributed by atoms with Crippen LogP contribution in [0.1, 0.15) is 29.3 Å². The zero-order valence-electron chi connectivity index (χ0n) is 12.7. The predicted octanol–water partition coefficient (Wildman–Crippen LogP) is 4.48. The van der Waals surface area contributed by atoms with E-state index < -0.39 is 0 Å². The van der Waals surface area contributed by atoms with Gasteiger partial charge in [0.05, 0.1) is 10.9 Å². The summed E-state index contributed by atoms with van der Waals surface area (Å²) in [5.74, 6) is 1.82. The van der Waals surface area contributed by atoms with Gasteiger partial charge in [-0.25, -0.2) is 9.97 Å². The molecule has 0 unspecified atom stereocenters. The quantitative estimate of drug-likeness (QED) is 0.698. The minimum Gasteiger partial charge on any atom is -0.437 e. The number of rotatable bonds is 2. The Bertz CT molecular complexity index is 926. The molecule has 0 aliphatic heterocycles. The molecule has 0 radical (unpaired) electrons. The van der Waals surface area contributed by atoms with Gasteiger partial charge in [-0.2, -0.15) is 5.26 Å². The van der Waals surface area contributed by atoms with Gasteiger partial charge in [0.25, 0.3) is 0 Å². The largest absolute Gasteiger partial charge is 0.437 e. The fraction of sp³-hybridized carbons (Fsp3) is 0.278. The Morgan fingerprint density at radius 2 is 2.17 bits per heavy atom. The topological polar surface area (TPSA) is 58.8 Å². The fourth-order valence-electron chi connectivity index (χ4n) is 3.08. The second-order valence-corrected chi connectivity index (χ2v) is 7.00. The third-order valence-corrected chi connectivity index (χ3v) is 5.43. The average molecular weight is 321 g/mol. The summed E-state index contributed by atoms with van der Waals surface area (Å²) in [5.41, 5.74) is 1.84. The van der Waals surface area contributed by atoms with Crippen LogP contribution in [-0.4, -0.2) is 9.97 Å². The third kappa shape index (κ3) is 2.45. The van der Waals surface area contributed by atoms with Crippen LogP contribution in [0.4, 0.5) is 0 Å². The van der Waals surface area contributed by atoms with E-state index in [4.69, 9.17) is 4.74 Å². The normalized spacial score (nSPS) is 16.8. The summed E-state index contributed by atoms with van der Waals surface area (Å²) in [5, 5.41) is 10.3. The molecule has 1 aliphatic carbocycles. The summed E-state index contributed by atoms with van der Waals surface area (Å²) in [6, 6.07) is 9.40. The van der Waals surface area contributed by atoms with Gasteiger partial charge >= 0.3 is 0 Å². The molecule has 0 saturated carbocycles. The molecule has 0 bridgehead atoms. The molecule has 23 heavy (non-hydrogen) atoms. The molecule has 0 spiro atoms. The average Bonchev–Trinajstić information content (AvgIpc) is 2.93. The van der Waals surface area contributed by atoms with Crippen LogP contribution in [-0.2, 0) is 12.8 Å². The van der Waals surface area contributed by atoms with Crippen molar-refractivity contribution in [2.45, 2.75) is 26.2 Å². The van der Waals surface area contributed by atoms with Crippen molar-refractivity contribution in [3.8, 4) is 17.7 Å². The fourth-order valence-corrected chi connectivity index (χ4v) is 4.42. The molecule has 1 atom stereocenters. The van der Waals surface area contributed by atoms with E-state index in [1.54, 1.807) is 23.5 Å². The zero-order valence-corrected chi connectivity index (χ0v) is 13.6. The number of aromatic nitrogens is 2. The van der Waals surface area contributed by atoms with Gasteiger partial charge in [-0.3, -0.25) is 0 Å². The Balaban J connectivity index is 1.83. The second-order valence-electron chi connectivity index (χ2n) is 5.92. The van der Waals surface area contributed by atoms with Crippen LogP contribution >= 0.6 is 11.3 Å². The number of hydrogen-bond acceptors (Lipinski definition) is 5. The maximum Gasteiger partial charge on any atom is 0.231 e. The lowest BCUT2D eigenvalue weighted by atomic mass is 9.89. The van der Waals surface area contributed by atoms with Crippen molar-refractivity contribution in [2.24, 2.45) is 5.92 Å². The SMILES string of the molecule is C[C@@H]1CCc2c(sc3ncnc(Oc4ccccc4C#N)c23)C1. The van der Waals surface area contributed by atoms with Gasteiger partial charge in [-0.15, -0.1) is 11.3 Å². The van der Waals surface area contributed by atoms with Crippen LogP contribution in [0.2, 0.25) is 0 Å². The number of fused-ring (bicyclic) bond motifs is 3. The Morgan fingerprint density at radius 1 is 1.30 bits per heavy atom. The maximum atomic E-state index is 9.23. The van der Waals surface area contributed by atoms with Crippen LogP contribution in [0, 0.1) is 17.2 Å². The first-order valence-corrected chi connectivity index (χ1v) is 8.50. The summed E-state index contributed by atoms with van der Waals surface area (Å²) < 4.78 is 6.00. The Morgan fingerprint density at radius 3 is 3.04 bits per heavy atom. The molecule has 114 valence electrons. The highest BCUT2D eigenvalue weighted by Gasteiger charge is 2.24. The van der Waals surface area contributed by atoms with Crippen LogP contribution < -0.4 is 4.74 Å². The van der Waals surface area contributed by atoms with E-state index in [9.17, 15) is 5.26 Å². The minimum atomic E-state index is 0.511. The van der Waals surface area contributed by atoms with E-state index in [1.165, 1.54) is 23.2 Å². The van der Waals surface area contributed by atoms with E-state index >= 15 is 0 Å². The lowest BCUT2D eigenvalue weighted by Crippen LogP contribution is -2.08. The number of hydrogen-bond donors (Lipinski definition) is 0. The maximum absolute atomic E-state index is 9.23. The number of para-hydroxylation sites is 1. The first kappa shape index (κ1) is 14.2. The van der Waals surface area contributed by atoms with Crippen molar-refractivity contribution in [3.05, 3.63) is 46.6 Å². The van der Waals surface area contributed by atoms with Gasteiger partial charge in [-0.1, -0.05) is 19.1 Å². The molecule has 0 saturated heterocycles. The van der Waals surface area contributed by atoms with Crippen molar-refractivity contribution < 1.29 is 4.74 Å². The number of benzene rings is 1. The van der Waals surface area contributed by atoms with E-state index in [0.717, 1.165) is 23.1 Å². The molecule has 1 aliphatic rings. The van der Waals surface area contributed by atoms with Crippen molar-refractivity contribution in [2.75, 3.05) is 0 Å². The van der Waals surface area contributed by atoms with Crippen LogP contribution in [0.3, 0.4) is 0 Å². The number of thiophene rings is 1. The number of ether oxygens (including phenoxy) is 1. The molecule has 0 amide bonds. The lowest BCUT2D eigenvalue weighted by Gasteiger charge is -2.18.